The molecule has 0 aliphatic carbocycles. The highest BCUT2D eigenvalue weighted by Crippen LogP contribution is 2.30. The van der Waals surface area contributed by atoms with Gasteiger partial charge < -0.3 is 10.1 Å². The van der Waals surface area contributed by atoms with E-state index in [2.05, 4.69) is 10.3 Å². The van der Waals surface area contributed by atoms with Crippen LogP contribution in [0.2, 0.25) is 0 Å². The number of benzene rings is 1. The molecule has 120 valence electrons. The van der Waals surface area contributed by atoms with E-state index in [1.807, 2.05) is 12.1 Å². The Morgan fingerprint density at radius 1 is 1.39 bits per heavy atom. The summed E-state index contributed by atoms with van der Waals surface area (Å²) in [4.78, 5) is 26.8. The van der Waals surface area contributed by atoms with E-state index in [-0.39, 0.29) is 17.3 Å². The summed E-state index contributed by atoms with van der Waals surface area (Å²) in [6, 6.07) is 9.48. The maximum Gasteiger partial charge on any atom is 0.271 e. The summed E-state index contributed by atoms with van der Waals surface area (Å²) >= 11 is 1.30. The van der Waals surface area contributed by atoms with Crippen LogP contribution in [0.4, 0.5) is 11.4 Å². The molecule has 0 aliphatic heterocycles. The zero-order valence-electron chi connectivity index (χ0n) is 12.6. The predicted molar refractivity (Wildman–Crippen MR) is 87.8 cm³/mol. The van der Waals surface area contributed by atoms with Crippen LogP contribution in [0.3, 0.4) is 0 Å². The summed E-state index contributed by atoms with van der Waals surface area (Å²) in [6.07, 6.45) is 1.65. The molecule has 7 nitrogen and oxygen atoms in total. The van der Waals surface area contributed by atoms with E-state index < -0.39 is 10.2 Å². The van der Waals surface area contributed by atoms with Crippen molar-refractivity contribution in [2.45, 2.75) is 17.2 Å². The molecule has 1 amide bonds. The van der Waals surface area contributed by atoms with Crippen LogP contribution in [0, 0.1) is 10.1 Å². The molecule has 1 aromatic carbocycles. The number of rotatable bonds is 6. The van der Waals surface area contributed by atoms with Gasteiger partial charge in [-0.25, -0.2) is 4.98 Å². The molecule has 0 radical (unpaired) electrons. The van der Waals surface area contributed by atoms with Crippen molar-refractivity contribution in [1.29, 1.82) is 0 Å². The Bertz CT molecular complexity index is 709. The van der Waals surface area contributed by atoms with Crippen molar-refractivity contribution in [2.75, 3.05) is 12.4 Å². The molecule has 1 N–H and O–H groups in total. The lowest BCUT2D eigenvalue weighted by Gasteiger charge is -2.13. The first kappa shape index (κ1) is 16.8. The van der Waals surface area contributed by atoms with Crippen molar-refractivity contribution >= 4 is 29.0 Å². The van der Waals surface area contributed by atoms with Gasteiger partial charge in [0, 0.05) is 18.3 Å². The van der Waals surface area contributed by atoms with E-state index in [0.29, 0.717) is 5.75 Å². The van der Waals surface area contributed by atoms with Gasteiger partial charge in [0.2, 0.25) is 5.91 Å². The molecule has 2 aromatic rings. The molecule has 0 unspecified atom stereocenters. The number of nitrogens with zero attached hydrogens (tertiary/aromatic N) is 2. The van der Waals surface area contributed by atoms with E-state index in [4.69, 9.17) is 4.74 Å². The van der Waals surface area contributed by atoms with Crippen LogP contribution in [-0.2, 0) is 4.79 Å². The van der Waals surface area contributed by atoms with Gasteiger partial charge in [-0.15, -0.1) is 0 Å². The molecule has 1 aromatic heterocycles. The van der Waals surface area contributed by atoms with Gasteiger partial charge in [0.05, 0.1) is 28.0 Å². The molecule has 23 heavy (non-hydrogen) atoms. The van der Waals surface area contributed by atoms with E-state index in [1.54, 1.807) is 19.2 Å². The van der Waals surface area contributed by atoms with Crippen molar-refractivity contribution in [3.63, 3.8) is 0 Å². The number of hydrogen-bond donors (Lipinski definition) is 1. The van der Waals surface area contributed by atoms with Crippen molar-refractivity contribution in [3.05, 3.63) is 52.7 Å². The van der Waals surface area contributed by atoms with Crippen LogP contribution in [0.1, 0.15) is 6.92 Å². The maximum absolute atomic E-state index is 12.3. The van der Waals surface area contributed by atoms with Crippen LogP contribution < -0.4 is 10.1 Å². The maximum atomic E-state index is 12.3. The molecule has 0 saturated carbocycles. The van der Waals surface area contributed by atoms with Crippen molar-refractivity contribution in [3.8, 4) is 5.75 Å². The molecule has 0 bridgehead atoms. The fourth-order valence-electron chi connectivity index (χ4n) is 1.79. The standard InChI is InChI=1S/C15H15N3O4S/c1-10(23-14-5-3-4-8-16-14)15(19)17-12-9-11(18(20)21)6-7-13(12)22-2/h3-10H,1-2H3,(H,17,19)/t10-/m1/s1. The SMILES string of the molecule is COc1ccc([N+](=O)[O-])cc1NC(=O)[C@@H](C)Sc1ccccn1. The number of nitrogens with one attached hydrogen (secondary N) is 1. The third-order valence-corrected chi connectivity index (χ3v) is 4.01. The molecule has 0 spiro atoms. The van der Waals surface area contributed by atoms with Crippen LogP contribution in [-0.4, -0.2) is 28.2 Å². The van der Waals surface area contributed by atoms with E-state index in [9.17, 15) is 14.9 Å². The second kappa shape index (κ2) is 7.59. The van der Waals surface area contributed by atoms with Crippen LogP contribution in [0.15, 0.2) is 47.6 Å². The van der Waals surface area contributed by atoms with Gasteiger partial charge in [0.25, 0.3) is 5.69 Å². The summed E-state index contributed by atoms with van der Waals surface area (Å²) in [6.45, 7) is 1.73. The number of pyridine rings is 1. The molecular formula is C15H15N3O4S. The second-order valence-corrected chi connectivity index (χ2v) is 5.92. The summed E-state index contributed by atoms with van der Waals surface area (Å²) in [5, 5.41) is 13.8. The van der Waals surface area contributed by atoms with E-state index in [0.717, 1.165) is 5.03 Å². The van der Waals surface area contributed by atoms with Crippen molar-refractivity contribution in [1.82, 2.24) is 4.98 Å². The van der Waals surface area contributed by atoms with Gasteiger partial charge in [0.1, 0.15) is 5.75 Å². The number of non-ortho nitro benzene ring substituents is 1. The smallest absolute Gasteiger partial charge is 0.271 e. The molecule has 8 heteroatoms. The number of nitro benzene ring substituents is 1. The van der Waals surface area contributed by atoms with Gasteiger partial charge in [-0.3, -0.25) is 14.9 Å². The number of ether oxygens (including phenoxy) is 1. The summed E-state index contributed by atoms with van der Waals surface area (Å²) < 4.78 is 5.12. The molecule has 0 aliphatic rings. The Balaban J connectivity index is 2.12. The van der Waals surface area contributed by atoms with Gasteiger partial charge in [-0.2, -0.15) is 0 Å². The number of carbonyl (C=O) groups excluding carboxylic acids is 1. The molecule has 0 fully saturated rings. The molecule has 1 heterocycles. The van der Waals surface area contributed by atoms with E-state index in [1.165, 1.54) is 37.1 Å². The van der Waals surface area contributed by atoms with Gasteiger partial charge >= 0.3 is 0 Å². The summed E-state index contributed by atoms with van der Waals surface area (Å²) in [5.41, 5.74) is 0.145. The number of amides is 1. The lowest BCUT2D eigenvalue weighted by atomic mass is 10.2. The monoisotopic (exact) mass is 333 g/mol. The fraction of sp³-hybridized carbons (Fsp3) is 0.200. The van der Waals surface area contributed by atoms with Gasteiger partial charge in [-0.05, 0) is 25.1 Å². The van der Waals surface area contributed by atoms with Crippen molar-refractivity contribution < 1.29 is 14.5 Å². The summed E-state index contributed by atoms with van der Waals surface area (Å²) in [5.74, 6) is 0.0680. The third kappa shape index (κ3) is 4.43. The summed E-state index contributed by atoms with van der Waals surface area (Å²) in [7, 11) is 1.43. The number of aromatic nitrogens is 1. The van der Waals surface area contributed by atoms with Gasteiger partial charge in [-0.1, -0.05) is 17.8 Å². The topological polar surface area (TPSA) is 94.4 Å². The van der Waals surface area contributed by atoms with Crippen LogP contribution >= 0.6 is 11.8 Å². The number of anilines is 1. The predicted octanol–water partition coefficient (Wildman–Crippen LogP) is 3.12. The normalized spacial score (nSPS) is 11.6. The first-order valence-corrected chi connectivity index (χ1v) is 7.60. The van der Waals surface area contributed by atoms with E-state index >= 15 is 0 Å². The Hall–Kier alpha value is -2.61. The number of methoxy groups -OCH3 is 1. The Kier molecular flexibility index (Phi) is 5.53. The fourth-order valence-corrected chi connectivity index (χ4v) is 2.60. The average molecular weight is 333 g/mol. The van der Waals surface area contributed by atoms with Crippen molar-refractivity contribution in [2.24, 2.45) is 0 Å². The Morgan fingerprint density at radius 2 is 2.17 bits per heavy atom. The Labute approximate surface area is 137 Å². The largest absolute Gasteiger partial charge is 0.495 e. The van der Waals surface area contributed by atoms with Crippen LogP contribution in [0.25, 0.3) is 0 Å². The van der Waals surface area contributed by atoms with Crippen LogP contribution in [0.5, 0.6) is 5.75 Å². The van der Waals surface area contributed by atoms with Gasteiger partial charge in [0.15, 0.2) is 0 Å². The minimum absolute atomic E-state index is 0.119. The number of nitro groups is 1. The minimum atomic E-state index is -0.527. The minimum Gasteiger partial charge on any atom is -0.495 e. The number of hydrogen-bond acceptors (Lipinski definition) is 6. The lowest BCUT2D eigenvalue weighted by Crippen LogP contribution is -2.22. The molecule has 0 saturated heterocycles. The Morgan fingerprint density at radius 3 is 2.78 bits per heavy atom. The average Bonchev–Trinajstić information content (AvgIpc) is 2.55. The first-order valence-electron chi connectivity index (χ1n) is 6.72. The highest BCUT2D eigenvalue weighted by atomic mass is 32.2. The lowest BCUT2D eigenvalue weighted by molar-refractivity contribution is -0.384. The molecular weight excluding hydrogens is 318 g/mol. The molecule has 2 rings (SSSR count). The molecule has 1 atom stereocenters. The highest BCUT2D eigenvalue weighted by Gasteiger charge is 2.18. The highest BCUT2D eigenvalue weighted by molar-refractivity contribution is 8.00. The first-order chi connectivity index (χ1) is 11.0. The number of carbonyl (C=O) groups is 1. The third-order valence-electron chi connectivity index (χ3n) is 2.96. The zero-order valence-corrected chi connectivity index (χ0v) is 13.4. The number of thioether (sulfide) groups is 1. The quantitative estimate of drug-likeness (QED) is 0.496. The second-order valence-electron chi connectivity index (χ2n) is 4.56. The zero-order chi connectivity index (χ0) is 16.8.